The van der Waals surface area contributed by atoms with E-state index >= 15 is 0 Å². The molecular weight excluding hydrogens is 384 g/mol. The second kappa shape index (κ2) is 9.53. The van der Waals surface area contributed by atoms with Crippen LogP contribution in [0.2, 0.25) is 5.02 Å². The van der Waals surface area contributed by atoms with E-state index in [1.54, 1.807) is 0 Å². The summed E-state index contributed by atoms with van der Waals surface area (Å²) in [5.41, 5.74) is 4.24. The molecule has 1 fully saturated rings. The van der Waals surface area contributed by atoms with Crippen molar-refractivity contribution in [1.29, 1.82) is 0 Å². The van der Waals surface area contributed by atoms with Gasteiger partial charge in [0.2, 0.25) is 0 Å². The van der Waals surface area contributed by atoms with Gasteiger partial charge < -0.3 is 15.0 Å². The van der Waals surface area contributed by atoms with Gasteiger partial charge in [-0.15, -0.1) is 0 Å². The number of carbonyl (C=O) groups is 1. The first-order valence-electron chi connectivity index (χ1n) is 10.4. The average molecular weight is 415 g/mol. The number of benzene rings is 2. The average Bonchev–Trinajstić information content (AvgIpc) is 2.71. The summed E-state index contributed by atoms with van der Waals surface area (Å²) >= 11 is 6.18. The smallest absolute Gasteiger partial charge is 0.258 e. The summed E-state index contributed by atoms with van der Waals surface area (Å²) in [6.07, 6.45) is 2.50. The highest BCUT2D eigenvalue weighted by Crippen LogP contribution is 2.26. The van der Waals surface area contributed by atoms with Crippen LogP contribution in [0.1, 0.15) is 49.4 Å². The standard InChI is InChI=1S/C24H31ClN2O2/c1-16-9-11-27(12-10-16)21-7-5-20(6-8-21)19(4)26-23(28)15-29-22-13-17(2)24(25)18(3)14-22/h5-8,13-14,16,19H,9-12,15H2,1-4H3,(H,26,28). The van der Waals surface area contributed by atoms with Gasteiger partial charge in [0, 0.05) is 23.8 Å². The van der Waals surface area contributed by atoms with Crippen molar-refractivity contribution in [3.05, 3.63) is 58.1 Å². The predicted octanol–water partition coefficient (Wildman–Crippen LogP) is 5.45. The first-order valence-corrected chi connectivity index (χ1v) is 10.7. The number of ether oxygens (including phenoxy) is 1. The number of rotatable bonds is 6. The molecule has 5 heteroatoms. The van der Waals surface area contributed by atoms with Crippen molar-refractivity contribution in [2.24, 2.45) is 5.92 Å². The van der Waals surface area contributed by atoms with Crippen LogP contribution in [0.5, 0.6) is 5.75 Å². The number of aryl methyl sites for hydroxylation is 2. The fourth-order valence-electron chi connectivity index (χ4n) is 3.75. The third kappa shape index (κ3) is 5.66. The maximum Gasteiger partial charge on any atom is 0.258 e. The lowest BCUT2D eigenvalue weighted by atomic mass is 9.98. The van der Waals surface area contributed by atoms with E-state index in [0.29, 0.717) is 5.75 Å². The van der Waals surface area contributed by atoms with Gasteiger partial charge in [0.15, 0.2) is 6.61 Å². The molecule has 1 aliphatic rings. The van der Waals surface area contributed by atoms with E-state index in [1.165, 1.54) is 18.5 Å². The second-order valence-corrected chi connectivity index (χ2v) is 8.59. The van der Waals surface area contributed by atoms with Crippen LogP contribution in [-0.4, -0.2) is 25.6 Å². The molecule has 0 bridgehead atoms. The lowest BCUT2D eigenvalue weighted by molar-refractivity contribution is -0.123. The molecular formula is C24H31ClN2O2. The highest BCUT2D eigenvalue weighted by molar-refractivity contribution is 6.32. The fraction of sp³-hybridized carbons (Fsp3) is 0.458. The number of hydrogen-bond donors (Lipinski definition) is 1. The Kier molecular flexibility index (Phi) is 7.07. The van der Waals surface area contributed by atoms with Crippen molar-refractivity contribution in [1.82, 2.24) is 5.32 Å². The number of piperidine rings is 1. The van der Waals surface area contributed by atoms with Gasteiger partial charge in [0.05, 0.1) is 6.04 Å². The molecule has 3 rings (SSSR count). The minimum absolute atomic E-state index is 0.0190. The summed E-state index contributed by atoms with van der Waals surface area (Å²) in [5, 5.41) is 3.74. The third-order valence-corrected chi connectivity index (χ3v) is 6.30. The first-order chi connectivity index (χ1) is 13.8. The molecule has 156 valence electrons. The highest BCUT2D eigenvalue weighted by atomic mass is 35.5. The summed E-state index contributed by atoms with van der Waals surface area (Å²) in [4.78, 5) is 14.8. The van der Waals surface area contributed by atoms with Crippen LogP contribution >= 0.6 is 11.6 Å². The van der Waals surface area contributed by atoms with E-state index in [0.717, 1.165) is 40.7 Å². The van der Waals surface area contributed by atoms with Crippen LogP contribution < -0.4 is 15.0 Å². The maximum atomic E-state index is 12.3. The Labute approximate surface area is 179 Å². The molecule has 4 nitrogen and oxygen atoms in total. The zero-order valence-electron chi connectivity index (χ0n) is 17.8. The molecule has 1 atom stereocenters. The third-order valence-electron chi connectivity index (χ3n) is 5.70. The Morgan fingerprint density at radius 1 is 1.17 bits per heavy atom. The van der Waals surface area contributed by atoms with Crippen molar-refractivity contribution >= 4 is 23.2 Å². The van der Waals surface area contributed by atoms with Gasteiger partial charge in [0.25, 0.3) is 5.91 Å². The molecule has 1 heterocycles. The van der Waals surface area contributed by atoms with Crippen LogP contribution in [0.15, 0.2) is 36.4 Å². The number of amides is 1. The van der Waals surface area contributed by atoms with E-state index in [-0.39, 0.29) is 18.6 Å². The Morgan fingerprint density at radius 2 is 1.76 bits per heavy atom. The first kappa shape index (κ1) is 21.5. The van der Waals surface area contributed by atoms with E-state index in [2.05, 4.69) is 41.4 Å². The highest BCUT2D eigenvalue weighted by Gasteiger charge is 2.17. The van der Waals surface area contributed by atoms with E-state index in [9.17, 15) is 4.79 Å². The van der Waals surface area contributed by atoms with Gasteiger partial charge in [-0.05, 0) is 80.5 Å². The van der Waals surface area contributed by atoms with Gasteiger partial charge in [-0.3, -0.25) is 4.79 Å². The molecule has 0 aromatic heterocycles. The number of nitrogens with zero attached hydrogens (tertiary/aromatic N) is 1. The summed E-state index contributed by atoms with van der Waals surface area (Å²) in [5.74, 6) is 1.34. The molecule has 1 N–H and O–H groups in total. The number of halogens is 1. The predicted molar refractivity (Wildman–Crippen MR) is 120 cm³/mol. The van der Waals surface area contributed by atoms with E-state index < -0.39 is 0 Å². The van der Waals surface area contributed by atoms with Crippen LogP contribution in [-0.2, 0) is 4.79 Å². The van der Waals surface area contributed by atoms with E-state index in [1.807, 2.05) is 32.9 Å². The van der Waals surface area contributed by atoms with Gasteiger partial charge >= 0.3 is 0 Å². The van der Waals surface area contributed by atoms with Gasteiger partial charge in [-0.1, -0.05) is 30.7 Å². The maximum absolute atomic E-state index is 12.3. The Bertz CT molecular complexity index is 819. The Balaban J connectivity index is 1.51. The molecule has 0 saturated carbocycles. The Morgan fingerprint density at radius 3 is 2.34 bits per heavy atom. The van der Waals surface area contributed by atoms with Crippen molar-refractivity contribution in [2.75, 3.05) is 24.6 Å². The molecule has 2 aromatic carbocycles. The summed E-state index contributed by atoms with van der Waals surface area (Å²) < 4.78 is 5.65. The fourth-order valence-corrected chi connectivity index (χ4v) is 3.85. The van der Waals surface area contributed by atoms with Crippen LogP contribution in [0.4, 0.5) is 5.69 Å². The molecule has 1 amide bonds. The second-order valence-electron chi connectivity index (χ2n) is 8.21. The molecule has 1 aliphatic heterocycles. The molecule has 1 saturated heterocycles. The zero-order chi connectivity index (χ0) is 21.0. The number of nitrogens with one attached hydrogen (secondary N) is 1. The molecule has 29 heavy (non-hydrogen) atoms. The van der Waals surface area contributed by atoms with Crippen molar-refractivity contribution in [3.63, 3.8) is 0 Å². The van der Waals surface area contributed by atoms with Crippen molar-refractivity contribution in [3.8, 4) is 5.75 Å². The number of carbonyl (C=O) groups excluding carboxylic acids is 1. The van der Waals surface area contributed by atoms with Gasteiger partial charge in [0.1, 0.15) is 5.75 Å². The lowest BCUT2D eigenvalue weighted by Gasteiger charge is -2.32. The monoisotopic (exact) mass is 414 g/mol. The lowest BCUT2D eigenvalue weighted by Crippen LogP contribution is -2.33. The van der Waals surface area contributed by atoms with Gasteiger partial charge in [-0.25, -0.2) is 0 Å². The summed E-state index contributed by atoms with van der Waals surface area (Å²) in [6, 6.07) is 12.2. The summed E-state index contributed by atoms with van der Waals surface area (Å²) in [7, 11) is 0. The van der Waals surface area contributed by atoms with Crippen LogP contribution in [0, 0.1) is 19.8 Å². The topological polar surface area (TPSA) is 41.6 Å². The SMILES string of the molecule is Cc1cc(OCC(=O)NC(C)c2ccc(N3CCC(C)CC3)cc2)cc(C)c1Cl. The molecule has 1 unspecified atom stereocenters. The van der Waals surface area contributed by atoms with E-state index in [4.69, 9.17) is 16.3 Å². The Hall–Kier alpha value is -2.20. The van der Waals surface area contributed by atoms with Crippen LogP contribution in [0.25, 0.3) is 0 Å². The molecule has 2 aromatic rings. The molecule has 0 aliphatic carbocycles. The van der Waals surface area contributed by atoms with Crippen molar-refractivity contribution in [2.45, 2.75) is 46.6 Å². The van der Waals surface area contributed by atoms with Crippen LogP contribution in [0.3, 0.4) is 0 Å². The quantitative estimate of drug-likeness (QED) is 0.683. The minimum Gasteiger partial charge on any atom is -0.484 e. The number of anilines is 1. The van der Waals surface area contributed by atoms with Gasteiger partial charge in [-0.2, -0.15) is 0 Å². The molecule has 0 spiro atoms. The minimum atomic E-state index is -0.142. The zero-order valence-corrected chi connectivity index (χ0v) is 18.6. The van der Waals surface area contributed by atoms with Crippen molar-refractivity contribution < 1.29 is 9.53 Å². The largest absolute Gasteiger partial charge is 0.484 e. The normalized spacial score (nSPS) is 15.8. The number of hydrogen-bond acceptors (Lipinski definition) is 3. The summed E-state index contributed by atoms with van der Waals surface area (Å²) in [6.45, 7) is 10.4. The molecule has 0 radical (unpaired) electrons.